The summed E-state index contributed by atoms with van der Waals surface area (Å²) >= 11 is 0. The van der Waals surface area contributed by atoms with Gasteiger partial charge in [0.1, 0.15) is 24.5 Å². The molecular formula is C7H14NO9P. The summed E-state index contributed by atoms with van der Waals surface area (Å²) < 4.78 is 19.6. The molecule has 0 bridgehead atoms. The van der Waals surface area contributed by atoms with E-state index in [0.717, 1.165) is 0 Å². The van der Waals surface area contributed by atoms with E-state index in [9.17, 15) is 19.6 Å². The molecule has 11 heteroatoms. The Balaban J connectivity index is 2.48. The Morgan fingerprint density at radius 3 is 2.44 bits per heavy atom. The van der Waals surface area contributed by atoms with Crippen LogP contribution in [0.2, 0.25) is 0 Å². The molecule has 1 heterocycles. The number of aliphatic carboxylic acids is 1. The molecule has 1 rings (SSSR count). The van der Waals surface area contributed by atoms with Gasteiger partial charge in [-0.15, -0.1) is 0 Å². The Hall–Kier alpha value is -0.580. The van der Waals surface area contributed by atoms with Crippen molar-refractivity contribution in [1.82, 2.24) is 5.32 Å². The number of phosphoric ester groups is 1. The molecule has 4 atom stereocenters. The van der Waals surface area contributed by atoms with E-state index in [1.165, 1.54) is 0 Å². The van der Waals surface area contributed by atoms with E-state index >= 15 is 0 Å². The van der Waals surface area contributed by atoms with Gasteiger partial charge in [-0.2, -0.15) is 0 Å². The van der Waals surface area contributed by atoms with Gasteiger partial charge in [0.2, 0.25) is 0 Å². The standard InChI is InChI=1S/C7H14NO9P/c9-4(10)1-8-7-6(12)5(11)3(17-7)2-16-18(13,14)15/h3,5-8,11-12H,1-2H2,(H,9,10)(H2,13,14,15)/t3-,5-,6-,7?/m1/s1. The van der Waals surface area contributed by atoms with Gasteiger partial charge in [0.05, 0.1) is 13.2 Å². The molecule has 0 aromatic heterocycles. The second-order valence-electron chi connectivity index (χ2n) is 3.64. The van der Waals surface area contributed by atoms with Crippen LogP contribution < -0.4 is 5.32 Å². The molecule has 1 unspecified atom stereocenters. The quantitative estimate of drug-likeness (QED) is 0.281. The van der Waals surface area contributed by atoms with Crippen molar-refractivity contribution in [2.45, 2.75) is 24.5 Å². The van der Waals surface area contributed by atoms with Gasteiger partial charge in [-0.25, -0.2) is 4.57 Å². The fourth-order valence-corrected chi connectivity index (χ4v) is 1.75. The first-order chi connectivity index (χ1) is 8.20. The van der Waals surface area contributed by atoms with E-state index in [0.29, 0.717) is 0 Å². The second-order valence-corrected chi connectivity index (χ2v) is 4.88. The zero-order valence-electron chi connectivity index (χ0n) is 9.04. The number of aliphatic hydroxyl groups excluding tert-OH is 2. The Labute approximate surface area is 101 Å². The second kappa shape index (κ2) is 6.04. The number of carboxylic acids is 1. The number of ether oxygens (including phenoxy) is 1. The van der Waals surface area contributed by atoms with Crippen LogP contribution in [0.5, 0.6) is 0 Å². The molecule has 0 spiro atoms. The summed E-state index contributed by atoms with van der Waals surface area (Å²) in [6.07, 6.45) is -5.18. The van der Waals surface area contributed by atoms with Gasteiger partial charge < -0.3 is 29.8 Å². The molecule has 1 aliphatic rings. The molecule has 0 aromatic carbocycles. The van der Waals surface area contributed by atoms with Crippen molar-refractivity contribution in [3.8, 4) is 0 Å². The molecule has 0 aliphatic carbocycles. The molecule has 0 saturated carbocycles. The number of hydrogen-bond donors (Lipinski definition) is 6. The van der Waals surface area contributed by atoms with Gasteiger partial charge in [-0.05, 0) is 0 Å². The molecule has 0 radical (unpaired) electrons. The fraction of sp³-hybridized carbons (Fsp3) is 0.857. The normalized spacial score (nSPS) is 32.7. The summed E-state index contributed by atoms with van der Waals surface area (Å²) in [6.45, 7) is -1.13. The van der Waals surface area contributed by atoms with Gasteiger partial charge in [0.15, 0.2) is 0 Å². The summed E-state index contributed by atoms with van der Waals surface area (Å²) in [7, 11) is -4.70. The van der Waals surface area contributed by atoms with E-state index in [2.05, 4.69) is 9.84 Å². The number of nitrogens with one attached hydrogen (secondary N) is 1. The third-order valence-corrected chi connectivity index (χ3v) is 2.71. The van der Waals surface area contributed by atoms with Crippen LogP contribution in [0.3, 0.4) is 0 Å². The highest BCUT2D eigenvalue weighted by atomic mass is 31.2. The molecular weight excluding hydrogens is 273 g/mol. The van der Waals surface area contributed by atoms with Crippen molar-refractivity contribution in [2.75, 3.05) is 13.2 Å². The molecule has 106 valence electrons. The minimum absolute atomic E-state index is 0.499. The number of aliphatic hydroxyl groups is 2. The van der Waals surface area contributed by atoms with Crippen molar-refractivity contribution in [2.24, 2.45) is 0 Å². The van der Waals surface area contributed by atoms with Gasteiger partial charge in [0.25, 0.3) is 0 Å². The van der Waals surface area contributed by atoms with Gasteiger partial charge >= 0.3 is 13.8 Å². The van der Waals surface area contributed by atoms with E-state index < -0.39 is 51.5 Å². The lowest BCUT2D eigenvalue weighted by atomic mass is 10.1. The maximum Gasteiger partial charge on any atom is 0.469 e. The largest absolute Gasteiger partial charge is 0.480 e. The van der Waals surface area contributed by atoms with Gasteiger partial charge in [-0.1, -0.05) is 0 Å². The van der Waals surface area contributed by atoms with Crippen molar-refractivity contribution in [1.29, 1.82) is 0 Å². The van der Waals surface area contributed by atoms with Crippen LogP contribution in [0.25, 0.3) is 0 Å². The average molecular weight is 287 g/mol. The summed E-state index contributed by atoms with van der Waals surface area (Å²) in [5.74, 6) is -1.18. The zero-order chi connectivity index (χ0) is 13.9. The predicted octanol–water partition coefficient (Wildman–Crippen LogP) is -2.78. The van der Waals surface area contributed by atoms with E-state index in [4.69, 9.17) is 19.6 Å². The molecule has 10 nitrogen and oxygen atoms in total. The molecule has 0 aromatic rings. The summed E-state index contributed by atoms with van der Waals surface area (Å²) in [4.78, 5) is 27.2. The monoisotopic (exact) mass is 287 g/mol. The van der Waals surface area contributed by atoms with Crippen molar-refractivity contribution < 1.29 is 43.7 Å². The van der Waals surface area contributed by atoms with Crippen LogP contribution in [0.4, 0.5) is 0 Å². The Bertz CT molecular complexity index is 344. The maximum absolute atomic E-state index is 10.5. The number of rotatable bonds is 6. The van der Waals surface area contributed by atoms with Crippen LogP contribution in [0, 0.1) is 0 Å². The summed E-state index contributed by atoms with van der Waals surface area (Å²) in [5.41, 5.74) is 0. The minimum Gasteiger partial charge on any atom is -0.480 e. The first-order valence-electron chi connectivity index (χ1n) is 4.87. The number of hydrogen-bond acceptors (Lipinski definition) is 7. The Morgan fingerprint density at radius 1 is 1.33 bits per heavy atom. The summed E-state index contributed by atoms with van der Waals surface area (Å²) in [5, 5.41) is 29.7. The third-order valence-electron chi connectivity index (χ3n) is 2.22. The number of carboxylic acid groups (broad SMARTS) is 1. The van der Waals surface area contributed by atoms with E-state index in [1.807, 2.05) is 0 Å². The third kappa shape index (κ3) is 4.59. The first-order valence-corrected chi connectivity index (χ1v) is 6.40. The lowest BCUT2D eigenvalue weighted by molar-refractivity contribution is -0.137. The smallest absolute Gasteiger partial charge is 0.469 e. The van der Waals surface area contributed by atoms with Gasteiger partial charge in [0, 0.05) is 0 Å². The lowest BCUT2D eigenvalue weighted by Crippen LogP contribution is -2.42. The first kappa shape index (κ1) is 15.5. The van der Waals surface area contributed by atoms with Crippen LogP contribution >= 0.6 is 7.82 Å². The SMILES string of the molecule is O=C(O)CNC1O[C@H](COP(=O)(O)O)[C@@H](O)[C@H]1O. The number of carbonyl (C=O) groups is 1. The highest BCUT2D eigenvalue weighted by Gasteiger charge is 2.43. The summed E-state index contributed by atoms with van der Waals surface area (Å²) in [6, 6.07) is 0. The van der Waals surface area contributed by atoms with Crippen LogP contribution in [0.15, 0.2) is 0 Å². The van der Waals surface area contributed by atoms with Crippen molar-refractivity contribution >= 4 is 13.8 Å². The number of phosphoric acid groups is 1. The molecule has 1 aliphatic heterocycles. The molecule has 1 fully saturated rings. The highest BCUT2D eigenvalue weighted by molar-refractivity contribution is 7.46. The van der Waals surface area contributed by atoms with E-state index in [-0.39, 0.29) is 0 Å². The van der Waals surface area contributed by atoms with Crippen molar-refractivity contribution in [3.05, 3.63) is 0 Å². The van der Waals surface area contributed by atoms with Crippen LogP contribution in [0.1, 0.15) is 0 Å². The molecule has 18 heavy (non-hydrogen) atoms. The van der Waals surface area contributed by atoms with Crippen molar-refractivity contribution in [3.63, 3.8) is 0 Å². The Morgan fingerprint density at radius 2 is 1.94 bits per heavy atom. The molecule has 6 N–H and O–H groups in total. The predicted molar refractivity (Wildman–Crippen MR) is 54.3 cm³/mol. The van der Waals surface area contributed by atoms with Crippen LogP contribution in [-0.4, -0.2) is 68.8 Å². The fourth-order valence-electron chi connectivity index (χ4n) is 1.41. The highest BCUT2D eigenvalue weighted by Crippen LogP contribution is 2.36. The Kier molecular flexibility index (Phi) is 5.20. The topological polar surface area (TPSA) is 166 Å². The zero-order valence-corrected chi connectivity index (χ0v) is 9.93. The maximum atomic E-state index is 10.5. The van der Waals surface area contributed by atoms with Gasteiger partial charge in [-0.3, -0.25) is 14.6 Å². The lowest BCUT2D eigenvalue weighted by Gasteiger charge is -2.14. The molecule has 0 amide bonds. The van der Waals surface area contributed by atoms with Crippen LogP contribution in [-0.2, 0) is 18.6 Å². The minimum atomic E-state index is -4.70. The van der Waals surface area contributed by atoms with E-state index in [1.54, 1.807) is 0 Å². The average Bonchev–Trinajstić information content (AvgIpc) is 2.50. The molecule has 1 saturated heterocycles.